The van der Waals surface area contributed by atoms with Crippen LogP contribution in [-0.4, -0.2) is 15.1 Å². The van der Waals surface area contributed by atoms with Crippen molar-refractivity contribution in [3.8, 4) is 17.1 Å². The summed E-state index contributed by atoms with van der Waals surface area (Å²) < 4.78 is 0.947. The van der Waals surface area contributed by atoms with Crippen LogP contribution in [0, 0.1) is 0 Å². The molecular formula is C14H9BrN2O2. The predicted octanol–water partition coefficient (Wildman–Crippen LogP) is 3.06. The summed E-state index contributed by atoms with van der Waals surface area (Å²) in [6.45, 7) is 0. The average molecular weight is 317 g/mol. The first-order chi connectivity index (χ1) is 9.15. The first-order valence-electron chi connectivity index (χ1n) is 5.63. The molecule has 0 aliphatic heterocycles. The normalized spacial score (nSPS) is 10.8. The molecule has 0 spiro atoms. The Kier molecular flexibility index (Phi) is 2.83. The van der Waals surface area contributed by atoms with Crippen LogP contribution in [0.5, 0.6) is 5.75 Å². The number of nitrogens with zero attached hydrogens (tertiary/aromatic N) is 1. The SMILES string of the molecule is O=c1nc(-c2ccc(Br)cc2)[nH]c2c(O)cccc12. The number of para-hydroxylation sites is 1. The highest BCUT2D eigenvalue weighted by Gasteiger charge is 2.08. The molecule has 0 aliphatic carbocycles. The Labute approximate surface area is 116 Å². The number of H-pyrrole nitrogens is 1. The average Bonchev–Trinajstić information content (AvgIpc) is 2.41. The Morgan fingerprint density at radius 3 is 2.58 bits per heavy atom. The molecule has 3 aromatic rings. The second-order valence-corrected chi connectivity index (χ2v) is 5.01. The summed E-state index contributed by atoms with van der Waals surface area (Å²) in [6, 6.07) is 12.2. The van der Waals surface area contributed by atoms with E-state index in [1.54, 1.807) is 12.1 Å². The van der Waals surface area contributed by atoms with Crippen LogP contribution < -0.4 is 5.56 Å². The zero-order valence-corrected chi connectivity index (χ0v) is 11.3. The fourth-order valence-corrected chi connectivity index (χ4v) is 2.17. The fourth-order valence-electron chi connectivity index (χ4n) is 1.90. The highest BCUT2D eigenvalue weighted by molar-refractivity contribution is 9.10. The molecule has 94 valence electrons. The number of nitrogens with one attached hydrogen (secondary N) is 1. The van der Waals surface area contributed by atoms with Crippen molar-refractivity contribution in [1.82, 2.24) is 9.97 Å². The standard InChI is InChI=1S/C14H9BrN2O2/c15-9-6-4-8(5-7-9)13-16-12-10(14(19)17-13)2-1-3-11(12)18/h1-7,18H,(H,16,17,19). The van der Waals surface area contributed by atoms with Gasteiger partial charge in [0.25, 0.3) is 5.56 Å². The summed E-state index contributed by atoms with van der Waals surface area (Å²) in [7, 11) is 0. The van der Waals surface area contributed by atoms with E-state index in [1.165, 1.54) is 6.07 Å². The molecular weight excluding hydrogens is 308 g/mol. The lowest BCUT2D eigenvalue weighted by Gasteiger charge is -2.05. The maximum Gasteiger partial charge on any atom is 0.281 e. The lowest BCUT2D eigenvalue weighted by atomic mass is 10.2. The van der Waals surface area contributed by atoms with Crippen molar-refractivity contribution in [2.75, 3.05) is 0 Å². The van der Waals surface area contributed by atoms with Crippen molar-refractivity contribution in [3.05, 3.63) is 57.3 Å². The number of aromatic hydroxyl groups is 1. The Morgan fingerprint density at radius 1 is 1.11 bits per heavy atom. The van der Waals surface area contributed by atoms with E-state index in [9.17, 15) is 9.90 Å². The van der Waals surface area contributed by atoms with Crippen molar-refractivity contribution in [3.63, 3.8) is 0 Å². The second kappa shape index (κ2) is 4.51. The Morgan fingerprint density at radius 2 is 1.84 bits per heavy atom. The molecule has 0 atom stereocenters. The number of phenolic OH excluding ortho intramolecular Hbond substituents is 1. The summed E-state index contributed by atoms with van der Waals surface area (Å²) in [5.41, 5.74) is 0.827. The molecule has 3 rings (SSSR count). The van der Waals surface area contributed by atoms with E-state index in [0.717, 1.165) is 10.0 Å². The van der Waals surface area contributed by atoms with Gasteiger partial charge in [-0.05, 0) is 24.3 Å². The molecule has 0 unspecified atom stereocenters. The smallest absolute Gasteiger partial charge is 0.281 e. The van der Waals surface area contributed by atoms with Crippen molar-refractivity contribution in [1.29, 1.82) is 0 Å². The van der Waals surface area contributed by atoms with Gasteiger partial charge in [0, 0.05) is 10.0 Å². The van der Waals surface area contributed by atoms with Gasteiger partial charge in [-0.25, -0.2) is 0 Å². The van der Waals surface area contributed by atoms with Gasteiger partial charge in [0.05, 0.1) is 10.9 Å². The predicted molar refractivity (Wildman–Crippen MR) is 77.2 cm³/mol. The summed E-state index contributed by atoms with van der Waals surface area (Å²) in [5, 5.41) is 10.2. The largest absolute Gasteiger partial charge is 0.506 e. The number of aromatic nitrogens is 2. The van der Waals surface area contributed by atoms with Gasteiger partial charge in [-0.2, -0.15) is 4.98 Å². The van der Waals surface area contributed by atoms with E-state index in [1.807, 2.05) is 24.3 Å². The molecule has 2 aromatic carbocycles. The molecule has 0 bridgehead atoms. The zero-order valence-electron chi connectivity index (χ0n) is 9.72. The van der Waals surface area contributed by atoms with Crippen LogP contribution in [0.15, 0.2) is 51.7 Å². The van der Waals surface area contributed by atoms with Crippen LogP contribution in [0.3, 0.4) is 0 Å². The van der Waals surface area contributed by atoms with Crippen LogP contribution >= 0.6 is 15.9 Å². The van der Waals surface area contributed by atoms with Gasteiger partial charge in [0.15, 0.2) is 0 Å². The molecule has 0 saturated carbocycles. The summed E-state index contributed by atoms with van der Waals surface area (Å²) in [4.78, 5) is 18.9. The molecule has 2 N–H and O–H groups in total. The van der Waals surface area contributed by atoms with E-state index in [2.05, 4.69) is 25.9 Å². The molecule has 4 nitrogen and oxygen atoms in total. The third kappa shape index (κ3) is 2.13. The number of benzene rings is 2. The Hall–Kier alpha value is -2.14. The van der Waals surface area contributed by atoms with E-state index in [4.69, 9.17) is 0 Å². The quantitative estimate of drug-likeness (QED) is 0.725. The maximum atomic E-state index is 11.9. The molecule has 1 aromatic heterocycles. The van der Waals surface area contributed by atoms with Crippen LogP contribution in [-0.2, 0) is 0 Å². The number of fused-ring (bicyclic) bond motifs is 1. The molecule has 5 heteroatoms. The van der Waals surface area contributed by atoms with Gasteiger partial charge in [-0.3, -0.25) is 4.79 Å². The van der Waals surface area contributed by atoms with E-state index < -0.39 is 0 Å². The molecule has 0 fully saturated rings. The maximum absolute atomic E-state index is 11.9. The number of halogens is 1. The number of phenols is 1. The van der Waals surface area contributed by atoms with Crippen molar-refractivity contribution in [2.24, 2.45) is 0 Å². The van der Waals surface area contributed by atoms with Crippen molar-refractivity contribution in [2.45, 2.75) is 0 Å². The summed E-state index contributed by atoms with van der Waals surface area (Å²) in [6.07, 6.45) is 0. The van der Waals surface area contributed by atoms with Gasteiger partial charge in [0.1, 0.15) is 11.6 Å². The molecule has 0 saturated heterocycles. The van der Waals surface area contributed by atoms with E-state index in [0.29, 0.717) is 16.7 Å². The van der Waals surface area contributed by atoms with Crippen molar-refractivity contribution < 1.29 is 5.11 Å². The minimum Gasteiger partial charge on any atom is -0.506 e. The van der Waals surface area contributed by atoms with E-state index in [-0.39, 0.29) is 11.3 Å². The molecule has 0 radical (unpaired) electrons. The lowest BCUT2D eigenvalue weighted by molar-refractivity contribution is 0.480. The topological polar surface area (TPSA) is 66.0 Å². The number of hydrogen-bond donors (Lipinski definition) is 2. The number of aromatic amines is 1. The molecule has 0 aliphatic rings. The van der Waals surface area contributed by atoms with Gasteiger partial charge in [0.2, 0.25) is 0 Å². The Balaban J connectivity index is 2.29. The third-order valence-electron chi connectivity index (χ3n) is 2.85. The van der Waals surface area contributed by atoms with Crippen LogP contribution in [0.4, 0.5) is 0 Å². The van der Waals surface area contributed by atoms with Gasteiger partial charge in [-0.15, -0.1) is 0 Å². The minimum atomic E-state index is -0.359. The molecule has 19 heavy (non-hydrogen) atoms. The fraction of sp³-hybridized carbons (Fsp3) is 0. The summed E-state index contributed by atoms with van der Waals surface area (Å²) in [5.74, 6) is 0.474. The molecule has 1 heterocycles. The Bertz CT molecular complexity index is 810. The summed E-state index contributed by atoms with van der Waals surface area (Å²) >= 11 is 3.35. The minimum absolute atomic E-state index is 0.0374. The first kappa shape index (κ1) is 11.9. The van der Waals surface area contributed by atoms with Crippen LogP contribution in [0.25, 0.3) is 22.3 Å². The molecule has 0 amide bonds. The monoisotopic (exact) mass is 316 g/mol. The number of hydrogen-bond acceptors (Lipinski definition) is 3. The van der Waals surface area contributed by atoms with Crippen LogP contribution in [0.2, 0.25) is 0 Å². The van der Waals surface area contributed by atoms with Gasteiger partial charge < -0.3 is 10.1 Å². The highest BCUT2D eigenvalue weighted by Crippen LogP contribution is 2.23. The van der Waals surface area contributed by atoms with Crippen LogP contribution in [0.1, 0.15) is 0 Å². The third-order valence-corrected chi connectivity index (χ3v) is 3.38. The highest BCUT2D eigenvalue weighted by atomic mass is 79.9. The number of rotatable bonds is 1. The lowest BCUT2D eigenvalue weighted by Crippen LogP contribution is -2.09. The second-order valence-electron chi connectivity index (χ2n) is 4.10. The van der Waals surface area contributed by atoms with E-state index >= 15 is 0 Å². The van der Waals surface area contributed by atoms with Gasteiger partial charge >= 0.3 is 0 Å². The van der Waals surface area contributed by atoms with Crippen molar-refractivity contribution >= 4 is 26.8 Å². The zero-order chi connectivity index (χ0) is 13.4. The van der Waals surface area contributed by atoms with Gasteiger partial charge in [-0.1, -0.05) is 34.1 Å². The first-order valence-corrected chi connectivity index (χ1v) is 6.42.